The van der Waals surface area contributed by atoms with Gasteiger partial charge in [0.2, 0.25) is 5.91 Å². The van der Waals surface area contributed by atoms with Crippen molar-refractivity contribution in [3.8, 4) is 5.75 Å². The largest absolute Gasteiger partial charge is 0.457 e. The number of esters is 2. The zero-order valence-corrected chi connectivity index (χ0v) is 27.0. The van der Waals surface area contributed by atoms with Crippen molar-refractivity contribution in [2.24, 2.45) is 5.92 Å². The van der Waals surface area contributed by atoms with E-state index in [2.05, 4.69) is 25.3 Å². The molecule has 2 fully saturated rings. The van der Waals surface area contributed by atoms with Gasteiger partial charge in [-0.3, -0.25) is 19.3 Å². The molecular formula is C34H42Cl2N2O5. The topological polar surface area (TPSA) is 76.2 Å². The lowest BCUT2D eigenvalue weighted by molar-refractivity contribution is -0.190. The van der Waals surface area contributed by atoms with Gasteiger partial charge in [-0.1, -0.05) is 61.3 Å². The van der Waals surface area contributed by atoms with E-state index in [4.69, 9.17) is 32.7 Å². The van der Waals surface area contributed by atoms with E-state index in [-0.39, 0.29) is 30.3 Å². The summed E-state index contributed by atoms with van der Waals surface area (Å²) in [5, 5.41) is 0.871. The Balaban J connectivity index is 1.78. The number of hydrogen-bond acceptors (Lipinski definition) is 6. The smallest absolute Gasteiger partial charge is 0.308 e. The van der Waals surface area contributed by atoms with Gasteiger partial charge in [0.15, 0.2) is 0 Å². The summed E-state index contributed by atoms with van der Waals surface area (Å²) in [5.41, 5.74) is 0.299. The predicted octanol–water partition coefficient (Wildman–Crippen LogP) is 6.63. The van der Waals surface area contributed by atoms with Crippen molar-refractivity contribution in [2.75, 3.05) is 26.2 Å². The molecule has 232 valence electrons. The fourth-order valence-corrected chi connectivity index (χ4v) is 7.38. The van der Waals surface area contributed by atoms with E-state index in [0.717, 1.165) is 17.7 Å². The average Bonchev–Trinajstić information content (AvgIpc) is 2.93. The van der Waals surface area contributed by atoms with Crippen molar-refractivity contribution >= 4 is 41.0 Å². The molecule has 2 aromatic carbocycles. The molecule has 0 radical (unpaired) electrons. The molecular weight excluding hydrogens is 587 g/mol. The maximum atomic E-state index is 14.0. The van der Waals surface area contributed by atoms with Crippen LogP contribution in [0.15, 0.2) is 55.1 Å². The maximum Gasteiger partial charge on any atom is 0.308 e. The van der Waals surface area contributed by atoms with E-state index in [9.17, 15) is 14.4 Å². The van der Waals surface area contributed by atoms with E-state index < -0.39 is 17.0 Å². The Bertz CT molecular complexity index is 1360. The Morgan fingerprint density at radius 3 is 2.51 bits per heavy atom. The molecule has 43 heavy (non-hydrogen) atoms. The molecule has 0 aromatic heterocycles. The van der Waals surface area contributed by atoms with Crippen LogP contribution < -0.4 is 4.74 Å². The second kappa shape index (κ2) is 13.8. The molecule has 1 saturated heterocycles. The predicted molar refractivity (Wildman–Crippen MR) is 170 cm³/mol. The number of fused-ring (bicyclic) bond motifs is 1. The van der Waals surface area contributed by atoms with Crippen LogP contribution >= 0.6 is 23.2 Å². The minimum absolute atomic E-state index is 0.0185. The van der Waals surface area contributed by atoms with Crippen molar-refractivity contribution in [3.63, 3.8) is 0 Å². The molecule has 9 heteroatoms. The standard InChI is InChI=1S/C34H42Cl2N2O5/c1-6-15-37-16-14-33(27-8-7-9-29(19-27)42-24(4)39)20-28(12-13-34(33,22-37)43-25(5)40)38(21-23(2)3)32(41)18-26-10-11-30(35)31(36)17-26/h6-11,17,19,23,28H,1,12-16,18,20-22H2,2-5H3/t28-,33-,34-/m0/s1. The molecule has 2 aromatic rings. The first-order valence-corrected chi connectivity index (χ1v) is 15.7. The highest BCUT2D eigenvalue weighted by Crippen LogP contribution is 2.55. The van der Waals surface area contributed by atoms with Gasteiger partial charge in [-0.15, -0.1) is 6.58 Å². The zero-order chi connectivity index (χ0) is 31.4. The van der Waals surface area contributed by atoms with E-state index in [1.165, 1.54) is 13.8 Å². The molecule has 0 unspecified atom stereocenters. The van der Waals surface area contributed by atoms with Crippen LogP contribution in [-0.2, 0) is 31.0 Å². The average molecular weight is 630 g/mol. The zero-order valence-electron chi connectivity index (χ0n) is 25.5. The Hall–Kier alpha value is -2.87. The van der Waals surface area contributed by atoms with Crippen LogP contribution in [0.2, 0.25) is 10.0 Å². The first-order chi connectivity index (χ1) is 20.4. The van der Waals surface area contributed by atoms with E-state index in [0.29, 0.717) is 61.1 Å². The minimum atomic E-state index is -0.832. The van der Waals surface area contributed by atoms with Gasteiger partial charge >= 0.3 is 11.9 Å². The summed E-state index contributed by atoms with van der Waals surface area (Å²) in [4.78, 5) is 42.9. The van der Waals surface area contributed by atoms with Gasteiger partial charge < -0.3 is 14.4 Å². The Labute approximate surface area is 265 Å². The molecule has 1 amide bonds. The number of halogens is 2. The molecule has 1 saturated carbocycles. The van der Waals surface area contributed by atoms with Crippen LogP contribution in [0.1, 0.15) is 64.5 Å². The summed E-state index contributed by atoms with van der Waals surface area (Å²) in [7, 11) is 0. The molecule has 0 bridgehead atoms. The number of ether oxygens (including phenoxy) is 2. The first-order valence-electron chi connectivity index (χ1n) is 14.9. The minimum Gasteiger partial charge on any atom is -0.457 e. The van der Waals surface area contributed by atoms with Crippen molar-refractivity contribution in [3.05, 3.63) is 76.3 Å². The second-order valence-electron chi connectivity index (χ2n) is 12.3. The maximum absolute atomic E-state index is 14.0. The number of benzene rings is 2. The van der Waals surface area contributed by atoms with Crippen LogP contribution in [0.3, 0.4) is 0 Å². The number of amides is 1. The molecule has 0 N–H and O–H groups in total. The summed E-state index contributed by atoms with van der Waals surface area (Å²) >= 11 is 12.4. The van der Waals surface area contributed by atoms with Crippen LogP contribution in [0.4, 0.5) is 0 Å². The van der Waals surface area contributed by atoms with Crippen molar-refractivity contribution in [1.29, 1.82) is 0 Å². The number of carbonyl (C=O) groups is 3. The fraction of sp³-hybridized carbons (Fsp3) is 0.500. The summed E-state index contributed by atoms with van der Waals surface area (Å²) in [5.74, 6) is -0.0320. The quantitative estimate of drug-likeness (QED) is 0.167. The fourth-order valence-electron chi connectivity index (χ4n) is 7.06. The third-order valence-electron chi connectivity index (χ3n) is 8.71. The molecule has 1 aliphatic carbocycles. The van der Waals surface area contributed by atoms with Crippen molar-refractivity contribution in [2.45, 2.75) is 76.9 Å². The number of nitrogens with zero attached hydrogens (tertiary/aromatic N) is 2. The highest BCUT2D eigenvalue weighted by atomic mass is 35.5. The van der Waals surface area contributed by atoms with Gasteiger partial charge in [-0.25, -0.2) is 0 Å². The number of hydrogen-bond donors (Lipinski definition) is 0. The second-order valence-corrected chi connectivity index (χ2v) is 13.1. The number of carbonyl (C=O) groups excluding carboxylic acids is 3. The van der Waals surface area contributed by atoms with Crippen LogP contribution in [0.25, 0.3) is 0 Å². The van der Waals surface area contributed by atoms with Crippen LogP contribution in [0, 0.1) is 5.92 Å². The Kier molecular flexibility index (Phi) is 10.6. The van der Waals surface area contributed by atoms with Crippen molar-refractivity contribution < 1.29 is 23.9 Å². The molecule has 1 heterocycles. The Morgan fingerprint density at radius 1 is 1.09 bits per heavy atom. The number of piperidine rings is 1. The van der Waals surface area contributed by atoms with Gasteiger partial charge in [0.1, 0.15) is 11.4 Å². The molecule has 1 aliphatic heterocycles. The molecule has 2 aliphatic rings. The lowest BCUT2D eigenvalue weighted by atomic mass is 9.54. The highest BCUT2D eigenvalue weighted by Gasteiger charge is 2.61. The third kappa shape index (κ3) is 7.44. The van der Waals surface area contributed by atoms with E-state index in [1.807, 2.05) is 35.2 Å². The molecule has 3 atom stereocenters. The van der Waals surface area contributed by atoms with Gasteiger partial charge in [0, 0.05) is 44.9 Å². The Morgan fingerprint density at radius 2 is 1.86 bits per heavy atom. The number of rotatable bonds is 10. The number of likely N-dealkylation sites (tertiary alicyclic amines) is 1. The molecule has 7 nitrogen and oxygen atoms in total. The first kappa shape index (κ1) is 33.0. The van der Waals surface area contributed by atoms with Gasteiger partial charge in [0.05, 0.1) is 16.5 Å². The van der Waals surface area contributed by atoms with E-state index in [1.54, 1.807) is 18.2 Å². The monoisotopic (exact) mass is 628 g/mol. The van der Waals surface area contributed by atoms with Gasteiger partial charge in [0.25, 0.3) is 0 Å². The molecule has 4 rings (SSSR count). The summed E-state index contributed by atoms with van der Waals surface area (Å²) in [6.45, 7) is 13.6. The van der Waals surface area contributed by atoms with Gasteiger partial charge in [-0.2, -0.15) is 0 Å². The summed E-state index contributed by atoms with van der Waals surface area (Å²) < 4.78 is 11.9. The van der Waals surface area contributed by atoms with Gasteiger partial charge in [-0.05, 0) is 73.5 Å². The van der Waals surface area contributed by atoms with Crippen LogP contribution in [0.5, 0.6) is 5.75 Å². The highest BCUT2D eigenvalue weighted by molar-refractivity contribution is 6.42. The normalized spacial score (nSPS) is 23.7. The lowest BCUT2D eigenvalue weighted by Crippen LogP contribution is -2.69. The molecule has 0 spiro atoms. The third-order valence-corrected chi connectivity index (χ3v) is 9.45. The lowest BCUT2D eigenvalue weighted by Gasteiger charge is -2.60. The van der Waals surface area contributed by atoms with E-state index >= 15 is 0 Å². The van der Waals surface area contributed by atoms with Crippen molar-refractivity contribution in [1.82, 2.24) is 9.80 Å². The van der Waals surface area contributed by atoms with Crippen LogP contribution in [-0.4, -0.2) is 65.5 Å². The SMILES string of the molecule is C=CCN1CC[C@@]2(c3cccc(OC(C)=O)c3)C[C@@H](N(CC(C)C)C(=O)Cc3ccc(Cl)c(Cl)c3)CC[C@]2(OC(C)=O)C1. The summed E-state index contributed by atoms with van der Waals surface area (Å²) in [6, 6.07) is 12.8. The summed E-state index contributed by atoms with van der Waals surface area (Å²) in [6.07, 6.45) is 4.64.